The van der Waals surface area contributed by atoms with E-state index >= 15 is 0 Å². The number of hydrogen-bond acceptors (Lipinski definition) is 8. The second kappa shape index (κ2) is 11.3. The number of nitrogens with one attached hydrogen (secondary N) is 2. The van der Waals surface area contributed by atoms with Gasteiger partial charge < -0.3 is 19.7 Å². The number of carbonyl (C=O) groups excluding carboxylic acids is 4. The highest BCUT2D eigenvalue weighted by Gasteiger charge is 2.54. The summed E-state index contributed by atoms with van der Waals surface area (Å²) in [6.45, 7) is 16.1. The van der Waals surface area contributed by atoms with Gasteiger partial charge in [-0.1, -0.05) is 0 Å². The van der Waals surface area contributed by atoms with Crippen molar-refractivity contribution in [1.29, 1.82) is 0 Å². The molecular formula is C29H44N4O6S. The molecule has 2 N–H and O–H groups in total. The number of thiophene rings is 1. The van der Waals surface area contributed by atoms with E-state index in [1.807, 2.05) is 20.8 Å². The molecule has 4 rings (SSSR count). The lowest BCUT2D eigenvalue weighted by molar-refractivity contribution is -0.154. The summed E-state index contributed by atoms with van der Waals surface area (Å²) in [5.41, 5.74) is -0.695. The van der Waals surface area contributed by atoms with Gasteiger partial charge in [0.25, 0.3) is 5.91 Å². The van der Waals surface area contributed by atoms with Crippen LogP contribution < -0.4 is 10.6 Å². The first-order valence-electron chi connectivity index (χ1n) is 14.3. The van der Waals surface area contributed by atoms with Gasteiger partial charge in [-0.15, -0.1) is 11.3 Å². The average Bonchev–Trinajstić information content (AvgIpc) is 3.28. The number of cyclic esters (lactones) is 1. The monoisotopic (exact) mass is 576 g/mol. The van der Waals surface area contributed by atoms with Crippen molar-refractivity contribution in [3.05, 3.63) is 16.0 Å². The maximum absolute atomic E-state index is 13.8. The zero-order valence-corrected chi connectivity index (χ0v) is 25.7. The molecule has 0 aliphatic carbocycles. The van der Waals surface area contributed by atoms with Gasteiger partial charge in [0, 0.05) is 38.6 Å². The molecule has 40 heavy (non-hydrogen) atoms. The molecule has 1 aromatic heterocycles. The van der Waals surface area contributed by atoms with Crippen LogP contribution in [-0.2, 0) is 14.3 Å². The number of carbonyl (C=O) groups is 4. The first kappa shape index (κ1) is 30.3. The van der Waals surface area contributed by atoms with Crippen molar-refractivity contribution >= 4 is 40.2 Å². The van der Waals surface area contributed by atoms with E-state index in [1.165, 1.54) is 0 Å². The maximum Gasteiger partial charge on any atom is 0.349 e. The van der Waals surface area contributed by atoms with Gasteiger partial charge in [0.1, 0.15) is 21.1 Å². The lowest BCUT2D eigenvalue weighted by Crippen LogP contribution is -2.53. The van der Waals surface area contributed by atoms with Crippen LogP contribution in [0.15, 0.2) is 0 Å². The maximum atomic E-state index is 13.8. The highest BCUT2D eigenvalue weighted by Crippen LogP contribution is 2.47. The normalized spacial score (nSPS) is 23.7. The van der Waals surface area contributed by atoms with Crippen LogP contribution in [0.3, 0.4) is 0 Å². The van der Waals surface area contributed by atoms with Crippen molar-refractivity contribution in [3.63, 3.8) is 0 Å². The van der Waals surface area contributed by atoms with Crippen LogP contribution in [-0.4, -0.2) is 83.6 Å². The highest BCUT2D eigenvalue weighted by atomic mass is 32.1. The van der Waals surface area contributed by atoms with Crippen LogP contribution in [0.1, 0.15) is 99.2 Å². The summed E-state index contributed by atoms with van der Waals surface area (Å²) in [7, 11) is 0. The predicted molar refractivity (Wildman–Crippen MR) is 154 cm³/mol. The summed E-state index contributed by atoms with van der Waals surface area (Å²) in [5, 5.41) is 5.80. The number of ether oxygens (including phenoxy) is 2. The third-order valence-corrected chi connectivity index (χ3v) is 9.14. The Labute approximate surface area is 241 Å². The zero-order chi connectivity index (χ0) is 29.5. The summed E-state index contributed by atoms with van der Waals surface area (Å²) in [6, 6.07) is -0.147. The minimum absolute atomic E-state index is 0.0734. The number of likely N-dealkylation sites (tertiary alicyclic amines) is 2. The summed E-state index contributed by atoms with van der Waals surface area (Å²) in [6.07, 6.45) is 4.15. The molecule has 3 aliphatic heterocycles. The van der Waals surface area contributed by atoms with Crippen molar-refractivity contribution in [2.75, 3.05) is 38.0 Å². The van der Waals surface area contributed by atoms with E-state index in [9.17, 15) is 19.2 Å². The number of urea groups is 1. The number of esters is 2. The van der Waals surface area contributed by atoms with Gasteiger partial charge in [-0.3, -0.25) is 19.8 Å². The predicted octanol–water partition coefficient (Wildman–Crippen LogP) is 4.57. The van der Waals surface area contributed by atoms with Crippen LogP contribution in [0.4, 0.5) is 9.80 Å². The van der Waals surface area contributed by atoms with Crippen LogP contribution in [0.25, 0.3) is 0 Å². The number of anilines is 1. The third-order valence-electron chi connectivity index (χ3n) is 7.95. The minimum atomic E-state index is -0.690. The Hall–Kier alpha value is -2.66. The second-order valence-corrected chi connectivity index (χ2v) is 14.0. The SMILES string of the molecule is CCNC(=O)Nc1sc(C(=O)OC(C)(C)C)c(C)c1C(=O)N1CCC(N2CCCC3(C2)CC(C)(C)OC3=O)CC1. The molecule has 11 heteroatoms. The van der Waals surface area contributed by atoms with E-state index in [4.69, 9.17) is 9.47 Å². The van der Waals surface area contributed by atoms with E-state index in [0.29, 0.717) is 47.2 Å². The van der Waals surface area contributed by atoms with Crippen molar-refractivity contribution in [3.8, 4) is 0 Å². The fourth-order valence-electron chi connectivity index (χ4n) is 6.35. The third kappa shape index (κ3) is 6.46. The van der Waals surface area contributed by atoms with Crippen LogP contribution in [0.5, 0.6) is 0 Å². The van der Waals surface area contributed by atoms with Gasteiger partial charge in [0.15, 0.2) is 0 Å². The Balaban J connectivity index is 1.48. The number of hydrogen-bond donors (Lipinski definition) is 2. The van der Waals surface area contributed by atoms with E-state index < -0.39 is 28.6 Å². The van der Waals surface area contributed by atoms with Crippen LogP contribution in [0, 0.1) is 12.3 Å². The molecule has 1 unspecified atom stereocenters. The Morgan fingerprint density at radius 1 is 1.15 bits per heavy atom. The smallest absolute Gasteiger partial charge is 0.349 e. The number of nitrogens with zero attached hydrogens (tertiary/aromatic N) is 2. The molecule has 10 nitrogen and oxygen atoms in total. The largest absolute Gasteiger partial charge is 0.459 e. The van der Waals surface area contributed by atoms with E-state index in [1.54, 1.807) is 32.6 Å². The lowest BCUT2D eigenvalue weighted by Gasteiger charge is -2.44. The van der Waals surface area contributed by atoms with Crippen molar-refractivity contribution in [1.82, 2.24) is 15.1 Å². The van der Waals surface area contributed by atoms with E-state index in [2.05, 4.69) is 15.5 Å². The van der Waals surface area contributed by atoms with Crippen LogP contribution >= 0.6 is 11.3 Å². The molecule has 3 aliphatic rings. The quantitative estimate of drug-likeness (QED) is 0.494. The first-order chi connectivity index (χ1) is 18.6. The van der Waals surface area contributed by atoms with E-state index in [-0.39, 0.29) is 17.9 Å². The van der Waals surface area contributed by atoms with Crippen molar-refractivity contribution in [2.24, 2.45) is 5.41 Å². The van der Waals surface area contributed by atoms with Gasteiger partial charge >= 0.3 is 18.0 Å². The molecule has 0 saturated carbocycles. The van der Waals surface area contributed by atoms with Gasteiger partial charge in [0.2, 0.25) is 0 Å². The Kier molecular flexibility index (Phi) is 8.57. The molecule has 0 radical (unpaired) electrons. The Morgan fingerprint density at radius 3 is 2.40 bits per heavy atom. The molecule has 3 fully saturated rings. The highest BCUT2D eigenvalue weighted by molar-refractivity contribution is 7.18. The molecule has 1 spiro atoms. The topological polar surface area (TPSA) is 117 Å². The number of rotatable bonds is 5. The van der Waals surface area contributed by atoms with Gasteiger partial charge in [-0.2, -0.15) is 0 Å². The Bertz CT molecular complexity index is 1160. The van der Waals surface area contributed by atoms with E-state index in [0.717, 1.165) is 50.0 Å². The van der Waals surface area contributed by atoms with Crippen molar-refractivity contribution in [2.45, 2.75) is 97.8 Å². The molecule has 0 bridgehead atoms. The summed E-state index contributed by atoms with van der Waals surface area (Å²) in [5.74, 6) is -0.792. The zero-order valence-electron chi connectivity index (χ0n) is 24.9. The second-order valence-electron chi connectivity index (χ2n) is 13.0. The molecular weight excluding hydrogens is 532 g/mol. The fourth-order valence-corrected chi connectivity index (χ4v) is 7.42. The number of piperidine rings is 2. The molecule has 222 valence electrons. The van der Waals surface area contributed by atoms with Gasteiger partial charge in [-0.25, -0.2) is 9.59 Å². The summed E-state index contributed by atoms with van der Waals surface area (Å²) in [4.78, 5) is 56.5. The average molecular weight is 577 g/mol. The Morgan fingerprint density at radius 2 is 1.82 bits per heavy atom. The van der Waals surface area contributed by atoms with Crippen LogP contribution in [0.2, 0.25) is 0 Å². The summed E-state index contributed by atoms with van der Waals surface area (Å²) < 4.78 is 11.3. The number of amides is 3. The first-order valence-corrected chi connectivity index (χ1v) is 15.1. The molecule has 1 atom stereocenters. The standard InChI is InChI=1S/C29H44N4O6S/c1-8-30-26(37)31-22-20(18(2)21(40-22)24(35)38-27(3,4)5)23(34)32-14-10-19(11-15-32)33-13-9-12-29(17-33)16-28(6,7)39-25(29)36/h19H,8-17H2,1-7H3,(H2,30,31,37). The molecule has 1 aromatic rings. The van der Waals surface area contributed by atoms with Crippen molar-refractivity contribution < 1.29 is 28.7 Å². The molecule has 4 heterocycles. The van der Waals surface area contributed by atoms with Gasteiger partial charge in [-0.05, 0) is 86.3 Å². The lowest BCUT2D eigenvalue weighted by atomic mass is 9.74. The fraction of sp³-hybridized carbons (Fsp3) is 0.724. The minimum Gasteiger partial charge on any atom is -0.459 e. The molecule has 3 saturated heterocycles. The molecule has 3 amide bonds. The molecule has 0 aromatic carbocycles. The van der Waals surface area contributed by atoms with Gasteiger partial charge in [0.05, 0.1) is 11.0 Å². The summed E-state index contributed by atoms with van der Waals surface area (Å²) >= 11 is 1.07.